The van der Waals surface area contributed by atoms with Gasteiger partial charge < -0.3 is 15.6 Å². The molecule has 2 heterocycles. The van der Waals surface area contributed by atoms with Crippen LogP contribution in [0, 0.1) is 0 Å². The van der Waals surface area contributed by atoms with Crippen LogP contribution in [0.5, 0.6) is 0 Å². The number of aliphatic imine (C=N–C) groups is 1. The molecule has 0 radical (unpaired) electrons. The van der Waals surface area contributed by atoms with Crippen molar-refractivity contribution in [3.63, 3.8) is 0 Å². The number of rotatable bonds is 7. The maximum absolute atomic E-state index is 4.64. The Kier molecular flexibility index (Phi) is 8.50. The zero-order chi connectivity index (χ0) is 19.9. The standard InChI is InChI=1S/C23H30N6.HI/c1-24-23(25-14-13-22-27-19-11-5-6-12-20(19)28-22)26-17-21(29-15-7-8-16-29)18-9-3-2-4-10-18;/h2-6,9-12,21H,7-8,13-17H2,1H3,(H,27,28)(H2,24,25,26);1H. The second kappa shape index (κ2) is 11.3. The topological polar surface area (TPSA) is 68.3 Å². The lowest BCUT2D eigenvalue weighted by atomic mass is 10.1. The molecule has 1 saturated heterocycles. The van der Waals surface area contributed by atoms with Crippen molar-refractivity contribution >= 4 is 41.0 Å². The van der Waals surface area contributed by atoms with Gasteiger partial charge in [0, 0.05) is 26.6 Å². The van der Waals surface area contributed by atoms with Crippen molar-refractivity contribution in [1.29, 1.82) is 0 Å². The van der Waals surface area contributed by atoms with E-state index in [4.69, 9.17) is 0 Å². The number of halogens is 1. The van der Waals surface area contributed by atoms with Crippen LogP contribution in [0.2, 0.25) is 0 Å². The Morgan fingerprint density at radius 2 is 1.80 bits per heavy atom. The van der Waals surface area contributed by atoms with Gasteiger partial charge in [0.25, 0.3) is 0 Å². The molecule has 1 aromatic heterocycles. The van der Waals surface area contributed by atoms with Crippen LogP contribution in [0.4, 0.5) is 0 Å². The Balaban J connectivity index is 0.00000256. The summed E-state index contributed by atoms with van der Waals surface area (Å²) in [6.45, 7) is 3.95. The molecule has 0 bridgehead atoms. The van der Waals surface area contributed by atoms with E-state index in [1.807, 2.05) is 25.2 Å². The highest BCUT2D eigenvalue weighted by Crippen LogP contribution is 2.24. The van der Waals surface area contributed by atoms with E-state index in [9.17, 15) is 0 Å². The lowest BCUT2D eigenvalue weighted by Gasteiger charge is -2.29. The number of aromatic nitrogens is 2. The first-order chi connectivity index (χ1) is 14.3. The van der Waals surface area contributed by atoms with E-state index in [0.29, 0.717) is 6.04 Å². The van der Waals surface area contributed by atoms with Gasteiger partial charge in [0.2, 0.25) is 0 Å². The molecule has 0 aliphatic carbocycles. The zero-order valence-electron chi connectivity index (χ0n) is 17.5. The molecule has 6 nitrogen and oxygen atoms in total. The summed E-state index contributed by atoms with van der Waals surface area (Å²) in [6.07, 6.45) is 3.39. The molecular formula is C23H31IN6. The first kappa shape index (κ1) is 22.6. The number of likely N-dealkylation sites (tertiary alicyclic amines) is 1. The minimum absolute atomic E-state index is 0. The number of aromatic amines is 1. The van der Waals surface area contributed by atoms with Gasteiger partial charge in [0.05, 0.1) is 17.1 Å². The molecule has 1 aliphatic rings. The second-order valence-corrected chi connectivity index (χ2v) is 7.50. The summed E-state index contributed by atoms with van der Waals surface area (Å²) >= 11 is 0. The molecule has 3 aromatic rings. The number of para-hydroxylation sites is 2. The van der Waals surface area contributed by atoms with E-state index in [1.54, 1.807) is 0 Å². The van der Waals surface area contributed by atoms with E-state index < -0.39 is 0 Å². The summed E-state index contributed by atoms with van der Waals surface area (Å²) in [4.78, 5) is 15.0. The molecule has 0 amide bonds. The number of nitrogens with one attached hydrogen (secondary N) is 3. The molecule has 30 heavy (non-hydrogen) atoms. The fourth-order valence-corrected chi connectivity index (χ4v) is 4.02. The van der Waals surface area contributed by atoms with Gasteiger partial charge >= 0.3 is 0 Å². The third-order valence-corrected chi connectivity index (χ3v) is 5.54. The summed E-state index contributed by atoms with van der Waals surface area (Å²) < 4.78 is 0. The zero-order valence-corrected chi connectivity index (χ0v) is 19.8. The van der Waals surface area contributed by atoms with Crippen molar-refractivity contribution in [3.05, 3.63) is 66.0 Å². The highest BCUT2D eigenvalue weighted by molar-refractivity contribution is 14.0. The fraction of sp³-hybridized carbons (Fsp3) is 0.391. The van der Waals surface area contributed by atoms with Crippen LogP contribution in [0.1, 0.15) is 30.3 Å². The van der Waals surface area contributed by atoms with E-state index in [0.717, 1.165) is 42.3 Å². The second-order valence-electron chi connectivity index (χ2n) is 7.50. The van der Waals surface area contributed by atoms with Gasteiger partial charge in [-0.15, -0.1) is 24.0 Å². The van der Waals surface area contributed by atoms with Crippen LogP contribution >= 0.6 is 24.0 Å². The summed E-state index contributed by atoms with van der Waals surface area (Å²) in [7, 11) is 1.82. The number of H-pyrrole nitrogens is 1. The largest absolute Gasteiger partial charge is 0.356 e. The van der Waals surface area contributed by atoms with Gasteiger partial charge in [-0.3, -0.25) is 9.89 Å². The van der Waals surface area contributed by atoms with Crippen molar-refractivity contribution in [3.8, 4) is 0 Å². The molecule has 1 unspecified atom stereocenters. The van der Waals surface area contributed by atoms with Gasteiger partial charge in [-0.1, -0.05) is 42.5 Å². The Morgan fingerprint density at radius 1 is 1.07 bits per heavy atom. The number of hydrogen-bond donors (Lipinski definition) is 3. The van der Waals surface area contributed by atoms with Gasteiger partial charge in [-0.05, 0) is 43.6 Å². The Hall–Kier alpha value is -2.13. The number of imidazole rings is 1. The summed E-state index contributed by atoms with van der Waals surface area (Å²) in [5, 5.41) is 6.94. The third kappa shape index (κ3) is 5.72. The number of fused-ring (bicyclic) bond motifs is 1. The Labute approximate surface area is 195 Å². The van der Waals surface area contributed by atoms with Crippen LogP contribution in [-0.2, 0) is 6.42 Å². The average Bonchev–Trinajstić information content (AvgIpc) is 3.43. The number of hydrogen-bond acceptors (Lipinski definition) is 3. The van der Waals surface area contributed by atoms with E-state index in [1.165, 1.54) is 31.5 Å². The molecule has 1 atom stereocenters. The summed E-state index contributed by atoms with van der Waals surface area (Å²) in [5.74, 6) is 1.83. The molecule has 1 fully saturated rings. The normalized spacial score (nSPS) is 15.7. The van der Waals surface area contributed by atoms with E-state index in [-0.39, 0.29) is 24.0 Å². The molecule has 3 N–H and O–H groups in total. The van der Waals surface area contributed by atoms with E-state index >= 15 is 0 Å². The van der Waals surface area contributed by atoms with Crippen molar-refractivity contribution in [1.82, 2.24) is 25.5 Å². The van der Waals surface area contributed by atoms with Crippen molar-refractivity contribution in [2.24, 2.45) is 4.99 Å². The molecule has 0 spiro atoms. The molecule has 4 rings (SSSR count). The monoisotopic (exact) mass is 518 g/mol. The molecule has 0 saturated carbocycles. The number of nitrogens with zero attached hydrogens (tertiary/aromatic N) is 3. The van der Waals surface area contributed by atoms with Gasteiger partial charge in [-0.25, -0.2) is 4.98 Å². The van der Waals surface area contributed by atoms with Crippen LogP contribution in [0.15, 0.2) is 59.6 Å². The minimum Gasteiger partial charge on any atom is -0.356 e. The SMILES string of the molecule is CN=C(NCCc1nc2ccccc2[nH]1)NCC(c1ccccc1)N1CCCC1.I. The van der Waals surface area contributed by atoms with E-state index in [2.05, 4.69) is 66.9 Å². The molecule has 2 aromatic carbocycles. The molecule has 7 heteroatoms. The molecule has 1 aliphatic heterocycles. The lowest BCUT2D eigenvalue weighted by molar-refractivity contribution is 0.245. The maximum atomic E-state index is 4.64. The van der Waals surface area contributed by atoms with Crippen LogP contribution in [-0.4, -0.2) is 54.1 Å². The fourth-order valence-electron chi connectivity index (χ4n) is 4.02. The quantitative estimate of drug-likeness (QED) is 0.254. The predicted molar refractivity (Wildman–Crippen MR) is 135 cm³/mol. The van der Waals surface area contributed by atoms with Gasteiger partial charge in [0.15, 0.2) is 5.96 Å². The molecule has 160 valence electrons. The van der Waals surface area contributed by atoms with Crippen LogP contribution in [0.3, 0.4) is 0 Å². The Morgan fingerprint density at radius 3 is 2.53 bits per heavy atom. The smallest absolute Gasteiger partial charge is 0.191 e. The first-order valence-corrected chi connectivity index (χ1v) is 10.5. The van der Waals surface area contributed by atoms with Gasteiger partial charge in [0.1, 0.15) is 5.82 Å². The Bertz CT molecular complexity index is 900. The summed E-state index contributed by atoms with van der Waals surface area (Å²) in [5.41, 5.74) is 3.46. The first-order valence-electron chi connectivity index (χ1n) is 10.5. The van der Waals surface area contributed by atoms with Crippen molar-refractivity contribution < 1.29 is 0 Å². The van der Waals surface area contributed by atoms with Crippen molar-refractivity contribution in [2.75, 3.05) is 33.2 Å². The number of benzene rings is 2. The number of guanidine groups is 1. The van der Waals surface area contributed by atoms with Crippen LogP contribution < -0.4 is 10.6 Å². The average molecular weight is 518 g/mol. The van der Waals surface area contributed by atoms with Gasteiger partial charge in [-0.2, -0.15) is 0 Å². The van der Waals surface area contributed by atoms with Crippen LogP contribution in [0.25, 0.3) is 11.0 Å². The minimum atomic E-state index is 0. The van der Waals surface area contributed by atoms with Crippen molar-refractivity contribution in [2.45, 2.75) is 25.3 Å². The highest BCUT2D eigenvalue weighted by Gasteiger charge is 2.23. The summed E-state index contributed by atoms with van der Waals surface area (Å²) in [6, 6.07) is 19.3. The third-order valence-electron chi connectivity index (χ3n) is 5.54. The molecular weight excluding hydrogens is 487 g/mol. The highest BCUT2D eigenvalue weighted by atomic mass is 127. The predicted octanol–water partition coefficient (Wildman–Crippen LogP) is 3.73. The maximum Gasteiger partial charge on any atom is 0.191 e. The lowest BCUT2D eigenvalue weighted by Crippen LogP contribution is -2.43.